The average Bonchev–Trinajstić information content (AvgIpc) is 2.71. The molecular weight excluding hydrogens is 162 g/mol. The highest BCUT2D eigenvalue weighted by atomic mass is 15.1. The number of nitrogens with zero attached hydrogens (tertiary/aromatic N) is 2. The largest absolute Gasteiger partial charge is 0.331 e. The Kier molecular flexibility index (Phi) is 2.36. The maximum absolute atomic E-state index is 4.27. The molecule has 1 N–H and O–H groups in total. The molecule has 1 fully saturated rings. The van der Waals surface area contributed by atoms with Crippen LogP contribution in [0.1, 0.15) is 31.1 Å². The Balaban J connectivity index is 2.20. The van der Waals surface area contributed by atoms with Gasteiger partial charge in [-0.25, -0.2) is 4.98 Å². The fourth-order valence-corrected chi connectivity index (χ4v) is 2.35. The van der Waals surface area contributed by atoms with Gasteiger partial charge in [-0.2, -0.15) is 0 Å². The number of nitrogens with one attached hydrogen (secondary N) is 1. The van der Waals surface area contributed by atoms with Gasteiger partial charge >= 0.3 is 0 Å². The van der Waals surface area contributed by atoms with Crippen LogP contribution in [0.5, 0.6) is 0 Å². The number of likely N-dealkylation sites (N-methyl/N-ethyl adjacent to an activating group) is 1. The lowest BCUT2D eigenvalue weighted by atomic mass is 10.2. The normalized spacial score (nSPS) is 28.2. The second-order valence-electron chi connectivity index (χ2n) is 3.78. The molecule has 0 saturated heterocycles. The molecule has 0 amide bonds. The molecule has 0 bridgehead atoms. The Hall–Kier alpha value is -0.830. The van der Waals surface area contributed by atoms with Crippen molar-refractivity contribution in [1.29, 1.82) is 0 Å². The van der Waals surface area contributed by atoms with Crippen LogP contribution in [0.3, 0.4) is 0 Å². The van der Waals surface area contributed by atoms with Crippen molar-refractivity contribution in [2.24, 2.45) is 0 Å². The van der Waals surface area contributed by atoms with Gasteiger partial charge < -0.3 is 9.88 Å². The zero-order valence-corrected chi connectivity index (χ0v) is 8.33. The van der Waals surface area contributed by atoms with Crippen molar-refractivity contribution in [2.75, 3.05) is 7.05 Å². The molecule has 0 radical (unpaired) electrons. The Morgan fingerprint density at radius 2 is 2.38 bits per heavy atom. The summed E-state index contributed by atoms with van der Waals surface area (Å²) in [5.41, 5.74) is 0. The van der Waals surface area contributed by atoms with E-state index in [-0.39, 0.29) is 0 Å². The standard InChI is InChI=1S/C10H17N3/c1-8-12-6-7-13(8)10-5-3-4-9(10)11-2/h6-7,9-11H,3-5H2,1-2H3. The third-order valence-corrected chi connectivity index (χ3v) is 3.07. The van der Waals surface area contributed by atoms with E-state index in [1.54, 1.807) is 0 Å². The Morgan fingerprint density at radius 1 is 1.54 bits per heavy atom. The Morgan fingerprint density at radius 3 is 3.00 bits per heavy atom. The van der Waals surface area contributed by atoms with Crippen molar-refractivity contribution in [2.45, 2.75) is 38.3 Å². The predicted octanol–water partition coefficient (Wildman–Crippen LogP) is 1.50. The van der Waals surface area contributed by atoms with Crippen LogP contribution in [-0.4, -0.2) is 22.6 Å². The summed E-state index contributed by atoms with van der Waals surface area (Å²) in [6.07, 6.45) is 7.88. The maximum Gasteiger partial charge on any atom is 0.105 e. The fraction of sp³-hybridized carbons (Fsp3) is 0.700. The monoisotopic (exact) mass is 179 g/mol. The highest BCUT2D eigenvalue weighted by Gasteiger charge is 2.27. The van der Waals surface area contributed by atoms with E-state index in [9.17, 15) is 0 Å². The molecule has 0 aromatic carbocycles. The van der Waals surface area contributed by atoms with Crippen molar-refractivity contribution in [3.63, 3.8) is 0 Å². The molecule has 1 heterocycles. The summed E-state index contributed by atoms with van der Waals surface area (Å²) in [4.78, 5) is 4.27. The molecule has 1 aromatic heterocycles. The minimum atomic E-state index is 0.618. The predicted molar refractivity (Wildman–Crippen MR) is 52.7 cm³/mol. The minimum Gasteiger partial charge on any atom is -0.331 e. The van der Waals surface area contributed by atoms with Gasteiger partial charge in [-0.1, -0.05) is 0 Å². The van der Waals surface area contributed by atoms with Crippen molar-refractivity contribution in [3.8, 4) is 0 Å². The van der Waals surface area contributed by atoms with E-state index >= 15 is 0 Å². The molecule has 2 unspecified atom stereocenters. The van der Waals surface area contributed by atoms with Gasteiger partial charge in [0.25, 0.3) is 0 Å². The maximum atomic E-state index is 4.27. The van der Waals surface area contributed by atoms with E-state index in [2.05, 4.69) is 35.0 Å². The van der Waals surface area contributed by atoms with Gasteiger partial charge in [0.1, 0.15) is 5.82 Å². The van der Waals surface area contributed by atoms with Gasteiger partial charge in [0.05, 0.1) is 6.04 Å². The van der Waals surface area contributed by atoms with Gasteiger partial charge in [0, 0.05) is 18.4 Å². The fourth-order valence-electron chi connectivity index (χ4n) is 2.35. The third kappa shape index (κ3) is 1.48. The van der Waals surface area contributed by atoms with Crippen LogP contribution >= 0.6 is 0 Å². The van der Waals surface area contributed by atoms with Crippen LogP contribution in [0.15, 0.2) is 12.4 Å². The van der Waals surface area contributed by atoms with E-state index in [0.717, 1.165) is 5.82 Å². The van der Waals surface area contributed by atoms with Crippen LogP contribution in [0.25, 0.3) is 0 Å². The lowest BCUT2D eigenvalue weighted by molar-refractivity contribution is 0.408. The summed E-state index contributed by atoms with van der Waals surface area (Å²) in [7, 11) is 2.05. The molecule has 2 rings (SSSR count). The molecular formula is C10H17N3. The first-order chi connectivity index (χ1) is 6.33. The highest BCUT2D eigenvalue weighted by molar-refractivity contribution is 4.97. The molecule has 0 aliphatic heterocycles. The summed E-state index contributed by atoms with van der Waals surface area (Å²) in [6.45, 7) is 2.07. The molecule has 1 aliphatic rings. The van der Waals surface area contributed by atoms with Gasteiger partial charge in [0.15, 0.2) is 0 Å². The lowest BCUT2D eigenvalue weighted by Gasteiger charge is -2.21. The van der Waals surface area contributed by atoms with E-state index < -0.39 is 0 Å². The Bertz CT molecular complexity index is 279. The first-order valence-electron chi connectivity index (χ1n) is 4.99. The summed E-state index contributed by atoms with van der Waals surface area (Å²) >= 11 is 0. The average molecular weight is 179 g/mol. The highest BCUT2D eigenvalue weighted by Crippen LogP contribution is 2.30. The van der Waals surface area contributed by atoms with E-state index in [0.29, 0.717) is 12.1 Å². The van der Waals surface area contributed by atoms with Gasteiger partial charge in [0.2, 0.25) is 0 Å². The topological polar surface area (TPSA) is 29.9 Å². The summed E-state index contributed by atoms with van der Waals surface area (Å²) < 4.78 is 2.30. The second-order valence-corrected chi connectivity index (χ2v) is 3.78. The number of imidazole rings is 1. The van der Waals surface area contributed by atoms with E-state index in [4.69, 9.17) is 0 Å². The van der Waals surface area contributed by atoms with Gasteiger partial charge in [-0.15, -0.1) is 0 Å². The molecule has 3 heteroatoms. The number of hydrogen-bond donors (Lipinski definition) is 1. The van der Waals surface area contributed by atoms with Crippen molar-refractivity contribution >= 4 is 0 Å². The van der Waals surface area contributed by atoms with Crippen LogP contribution in [0, 0.1) is 6.92 Å². The molecule has 13 heavy (non-hydrogen) atoms. The first-order valence-corrected chi connectivity index (χ1v) is 4.99. The number of aryl methyl sites for hydroxylation is 1. The molecule has 1 aliphatic carbocycles. The van der Waals surface area contributed by atoms with Crippen LogP contribution in [-0.2, 0) is 0 Å². The van der Waals surface area contributed by atoms with Gasteiger partial charge in [-0.05, 0) is 33.2 Å². The lowest BCUT2D eigenvalue weighted by Crippen LogP contribution is -2.31. The molecule has 72 valence electrons. The second kappa shape index (κ2) is 3.50. The Labute approximate surface area is 79.2 Å². The van der Waals surface area contributed by atoms with Gasteiger partial charge in [-0.3, -0.25) is 0 Å². The molecule has 1 aromatic rings. The third-order valence-electron chi connectivity index (χ3n) is 3.07. The van der Waals surface area contributed by atoms with E-state index in [1.807, 2.05) is 6.20 Å². The first kappa shape index (κ1) is 8.75. The van der Waals surface area contributed by atoms with E-state index in [1.165, 1.54) is 19.3 Å². The minimum absolute atomic E-state index is 0.618. The number of hydrogen-bond acceptors (Lipinski definition) is 2. The quantitative estimate of drug-likeness (QED) is 0.745. The molecule has 3 nitrogen and oxygen atoms in total. The molecule has 1 saturated carbocycles. The summed E-state index contributed by atoms with van der Waals surface area (Å²) in [5, 5.41) is 3.38. The zero-order valence-electron chi connectivity index (χ0n) is 8.33. The zero-order chi connectivity index (χ0) is 9.26. The SMILES string of the molecule is CNC1CCCC1n1ccnc1C. The van der Waals surface area contributed by atoms with Crippen molar-refractivity contribution < 1.29 is 0 Å². The van der Waals surface area contributed by atoms with Crippen LogP contribution in [0.4, 0.5) is 0 Å². The van der Waals surface area contributed by atoms with Crippen LogP contribution < -0.4 is 5.32 Å². The number of rotatable bonds is 2. The molecule has 2 atom stereocenters. The van der Waals surface area contributed by atoms with Crippen LogP contribution in [0.2, 0.25) is 0 Å². The van der Waals surface area contributed by atoms with Crippen molar-refractivity contribution in [1.82, 2.24) is 14.9 Å². The molecule has 0 spiro atoms. The summed E-state index contributed by atoms with van der Waals surface area (Å²) in [6, 6.07) is 1.25. The van der Waals surface area contributed by atoms with Crippen molar-refractivity contribution in [3.05, 3.63) is 18.2 Å². The summed E-state index contributed by atoms with van der Waals surface area (Å²) in [5.74, 6) is 1.13. The smallest absolute Gasteiger partial charge is 0.105 e. The number of aromatic nitrogens is 2.